The smallest absolute Gasteiger partial charge is 0.243 e. The molecule has 0 aliphatic carbocycles. The van der Waals surface area contributed by atoms with Gasteiger partial charge >= 0.3 is 0 Å². The minimum absolute atomic E-state index is 0.00384. The van der Waals surface area contributed by atoms with Gasteiger partial charge in [-0.3, -0.25) is 14.4 Å². The van der Waals surface area contributed by atoms with Gasteiger partial charge in [-0.15, -0.1) is 0 Å². The molecular weight excluding hydrogens is 454 g/mol. The fourth-order valence-corrected chi connectivity index (χ4v) is 6.34. The van der Waals surface area contributed by atoms with Crippen molar-refractivity contribution in [2.75, 3.05) is 23.3 Å². The quantitative estimate of drug-likeness (QED) is 0.658. The van der Waals surface area contributed by atoms with Crippen LogP contribution in [-0.2, 0) is 26.0 Å². The third-order valence-corrected chi connectivity index (χ3v) is 8.50. The summed E-state index contributed by atoms with van der Waals surface area (Å²) in [7, 11) is -3.70. The van der Waals surface area contributed by atoms with E-state index in [0.717, 1.165) is 11.3 Å². The van der Waals surface area contributed by atoms with Crippen LogP contribution in [0.15, 0.2) is 47.4 Å². The Morgan fingerprint density at radius 2 is 1.71 bits per heavy atom. The van der Waals surface area contributed by atoms with Crippen LogP contribution < -0.4 is 10.2 Å². The van der Waals surface area contributed by atoms with Gasteiger partial charge in [0, 0.05) is 48.9 Å². The van der Waals surface area contributed by atoms with Gasteiger partial charge in [0.25, 0.3) is 0 Å². The van der Waals surface area contributed by atoms with Crippen molar-refractivity contribution in [3.05, 3.63) is 53.6 Å². The van der Waals surface area contributed by atoms with Crippen molar-refractivity contribution in [1.82, 2.24) is 4.31 Å². The molecule has 0 radical (unpaired) electrons. The van der Waals surface area contributed by atoms with Gasteiger partial charge in [-0.05, 0) is 69.0 Å². The number of nitrogens with zero attached hydrogens (tertiary/aromatic N) is 2. The van der Waals surface area contributed by atoms with E-state index in [9.17, 15) is 22.8 Å². The lowest BCUT2D eigenvalue weighted by molar-refractivity contribution is -0.121. The summed E-state index contributed by atoms with van der Waals surface area (Å²) in [6.45, 7) is 5.43. The topological polar surface area (TPSA) is 104 Å². The molecule has 0 spiro atoms. The van der Waals surface area contributed by atoms with Crippen molar-refractivity contribution in [1.29, 1.82) is 0 Å². The average Bonchev–Trinajstić information content (AvgIpc) is 3.14. The van der Waals surface area contributed by atoms with Gasteiger partial charge in [-0.25, -0.2) is 8.42 Å². The predicted octanol–water partition coefficient (Wildman–Crippen LogP) is 3.23. The molecule has 0 bridgehead atoms. The molecule has 2 heterocycles. The third kappa shape index (κ3) is 4.63. The molecular formula is C25H29N3O5S. The van der Waals surface area contributed by atoms with E-state index >= 15 is 0 Å². The highest BCUT2D eigenvalue weighted by Crippen LogP contribution is 2.35. The van der Waals surface area contributed by atoms with E-state index in [1.165, 1.54) is 18.2 Å². The lowest BCUT2D eigenvalue weighted by Gasteiger charge is -2.30. The first-order valence-electron chi connectivity index (χ1n) is 11.4. The van der Waals surface area contributed by atoms with E-state index in [1.807, 2.05) is 6.92 Å². The second-order valence-corrected chi connectivity index (χ2v) is 11.0. The Kier molecular flexibility index (Phi) is 6.60. The minimum Gasteiger partial charge on any atom is -0.326 e. The Labute approximate surface area is 200 Å². The van der Waals surface area contributed by atoms with Crippen molar-refractivity contribution in [3.63, 3.8) is 0 Å². The Hall–Kier alpha value is -3.04. The molecule has 8 nitrogen and oxygen atoms in total. The number of hydrogen-bond donors (Lipinski definition) is 1. The molecule has 0 aromatic heterocycles. The minimum atomic E-state index is -3.70. The number of piperidine rings is 1. The summed E-state index contributed by atoms with van der Waals surface area (Å²) in [5.74, 6) is -0.620. The van der Waals surface area contributed by atoms with Gasteiger partial charge in [0.15, 0.2) is 5.78 Å². The molecule has 1 saturated heterocycles. The maximum absolute atomic E-state index is 13.3. The van der Waals surface area contributed by atoms with Crippen LogP contribution in [0.5, 0.6) is 0 Å². The zero-order chi connectivity index (χ0) is 24.6. The van der Waals surface area contributed by atoms with Gasteiger partial charge in [0.05, 0.1) is 4.90 Å². The largest absolute Gasteiger partial charge is 0.326 e. The molecule has 1 atom stereocenters. The second-order valence-electron chi connectivity index (χ2n) is 9.04. The molecule has 2 aromatic carbocycles. The van der Waals surface area contributed by atoms with Crippen LogP contribution in [0.3, 0.4) is 0 Å². The van der Waals surface area contributed by atoms with Gasteiger partial charge in [-0.2, -0.15) is 4.31 Å². The van der Waals surface area contributed by atoms with E-state index in [0.29, 0.717) is 30.5 Å². The van der Waals surface area contributed by atoms with E-state index in [-0.39, 0.29) is 47.5 Å². The van der Waals surface area contributed by atoms with Gasteiger partial charge < -0.3 is 10.2 Å². The second kappa shape index (κ2) is 9.31. The van der Waals surface area contributed by atoms with Gasteiger partial charge in [0.1, 0.15) is 0 Å². The molecule has 2 aromatic rings. The predicted molar refractivity (Wildman–Crippen MR) is 129 cm³/mol. The number of ketones is 1. The summed E-state index contributed by atoms with van der Waals surface area (Å²) >= 11 is 0. The fourth-order valence-electron chi connectivity index (χ4n) is 4.82. The molecule has 180 valence electrons. The first-order chi connectivity index (χ1) is 16.1. The molecule has 2 amide bonds. The Bertz CT molecular complexity index is 1250. The summed E-state index contributed by atoms with van der Waals surface area (Å²) in [6.07, 6.45) is 1.44. The van der Waals surface area contributed by atoms with Gasteiger partial charge in [-0.1, -0.05) is 12.1 Å². The normalized spacial score (nSPS) is 19.0. The van der Waals surface area contributed by atoms with Crippen molar-refractivity contribution >= 4 is 39.0 Å². The summed E-state index contributed by atoms with van der Waals surface area (Å²) < 4.78 is 28.0. The number of rotatable bonds is 5. The molecule has 1 N–H and O–H groups in total. The lowest BCUT2D eigenvalue weighted by Crippen LogP contribution is -2.41. The number of anilines is 2. The van der Waals surface area contributed by atoms with Crippen molar-refractivity contribution in [2.45, 2.75) is 51.0 Å². The molecule has 4 rings (SSSR count). The van der Waals surface area contributed by atoms with Crippen LogP contribution in [0.4, 0.5) is 11.4 Å². The first-order valence-corrected chi connectivity index (χ1v) is 12.9. The van der Waals surface area contributed by atoms with E-state index in [1.54, 1.807) is 47.4 Å². The number of carbonyl (C=O) groups excluding carboxylic acids is 3. The maximum atomic E-state index is 13.3. The SMILES string of the molecule is CC(=O)c1cccc(NC(=O)C2CCN(S(=O)(=O)c3ccc4c(c3)C[C@H](C)N4C(C)=O)CC2)c1. The fraction of sp³-hybridized carbons (Fsp3) is 0.400. The zero-order valence-corrected chi connectivity index (χ0v) is 20.4. The standard InChI is InChI=1S/C25H29N3O5S/c1-16-13-21-15-23(7-8-24(21)28(16)18(3)30)34(32,33)27-11-9-19(10-12-27)25(31)26-22-6-4-5-20(14-22)17(2)29/h4-8,14-16,19H,9-13H2,1-3H3,(H,26,31)/t16-/m0/s1. The molecule has 1 fully saturated rings. The summed E-state index contributed by atoms with van der Waals surface area (Å²) in [6, 6.07) is 11.7. The van der Waals surface area contributed by atoms with E-state index in [2.05, 4.69) is 5.32 Å². The van der Waals surface area contributed by atoms with Crippen molar-refractivity contribution < 1.29 is 22.8 Å². The van der Waals surface area contributed by atoms with E-state index < -0.39 is 10.0 Å². The molecule has 2 aliphatic rings. The number of benzene rings is 2. The number of Topliss-reactive ketones (excluding diaryl/α,β-unsaturated/α-hetero) is 1. The van der Waals surface area contributed by atoms with Crippen molar-refractivity contribution in [3.8, 4) is 0 Å². The Balaban J connectivity index is 1.41. The summed E-state index contributed by atoms with van der Waals surface area (Å²) in [4.78, 5) is 38.1. The number of amides is 2. The Morgan fingerprint density at radius 1 is 1.00 bits per heavy atom. The van der Waals surface area contributed by atoms with Crippen LogP contribution >= 0.6 is 0 Å². The molecule has 0 saturated carbocycles. The lowest BCUT2D eigenvalue weighted by atomic mass is 9.97. The molecule has 34 heavy (non-hydrogen) atoms. The van der Waals surface area contributed by atoms with Crippen LogP contribution in [0, 0.1) is 5.92 Å². The number of carbonyl (C=O) groups is 3. The highest BCUT2D eigenvalue weighted by atomic mass is 32.2. The highest BCUT2D eigenvalue weighted by Gasteiger charge is 2.34. The maximum Gasteiger partial charge on any atom is 0.243 e. The number of hydrogen-bond acceptors (Lipinski definition) is 5. The monoisotopic (exact) mass is 483 g/mol. The van der Waals surface area contributed by atoms with Crippen LogP contribution in [-0.4, -0.2) is 49.5 Å². The number of nitrogens with one attached hydrogen (secondary N) is 1. The number of fused-ring (bicyclic) bond motifs is 1. The molecule has 9 heteroatoms. The van der Waals surface area contributed by atoms with E-state index in [4.69, 9.17) is 0 Å². The third-order valence-electron chi connectivity index (χ3n) is 6.60. The van der Waals surface area contributed by atoms with Crippen molar-refractivity contribution in [2.24, 2.45) is 5.92 Å². The van der Waals surface area contributed by atoms with Crippen LogP contribution in [0.2, 0.25) is 0 Å². The molecule has 2 aliphatic heterocycles. The summed E-state index contributed by atoms with van der Waals surface area (Å²) in [5.41, 5.74) is 2.70. The number of sulfonamides is 1. The van der Waals surface area contributed by atoms with Gasteiger partial charge in [0.2, 0.25) is 21.8 Å². The first kappa shape index (κ1) is 24.1. The zero-order valence-electron chi connectivity index (χ0n) is 19.6. The highest BCUT2D eigenvalue weighted by molar-refractivity contribution is 7.89. The Morgan fingerprint density at radius 3 is 2.35 bits per heavy atom. The summed E-state index contributed by atoms with van der Waals surface area (Å²) in [5, 5.41) is 2.85. The van der Waals surface area contributed by atoms with Crippen LogP contribution in [0.1, 0.15) is 49.5 Å². The van der Waals surface area contributed by atoms with Crippen LogP contribution in [0.25, 0.3) is 0 Å². The average molecular weight is 484 g/mol. The molecule has 0 unspecified atom stereocenters.